The standard InChI is InChI=1S/C18H36N2OS/c1-2-3-4-5-6-7-8-9-10-11-12-13-14-17-20-16(15-22-17)18(19)21/h16-17,20H,2-15H2,1H3,(H2,19,21). The maximum atomic E-state index is 11.1. The number of thioether (sulfide) groups is 1. The van der Waals surface area contributed by atoms with E-state index in [1.54, 1.807) is 0 Å². The van der Waals surface area contributed by atoms with Gasteiger partial charge < -0.3 is 5.73 Å². The first-order valence-corrected chi connectivity index (χ1v) is 10.5. The van der Waals surface area contributed by atoms with E-state index in [-0.39, 0.29) is 11.9 Å². The number of nitrogens with two attached hydrogens (primary N) is 1. The molecule has 0 aromatic heterocycles. The molecule has 0 spiro atoms. The number of carbonyl (C=O) groups is 1. The van der Waals surface area contributed by atoms with Crippen LogP contribution in [0.4, 0.5) is 0 Å². The third-order valence-corrected chi connectivity index (χ3v) is 5.81. The molecule has 0 aromatic carbocycles. The van der Waals surface area contributed by atoms with Gasteiger partial charge in [-0.3, -0.25) is 10.1 Å². The largest absolute Gasteiger partial charge is 0.368 e. The van der Waals surface area contributed by atoms with Gasteiger partial charge in [0, 0.05) is 5.75 Å². The van der Waals surface area contributed by atoms with Crippen molar-refractivity contribution in [3.05, 3.63) is 0 Å². The van der Waals surface area contributed by atoms with Gasteiger partial charge in [0.1, 0.15) is 0 Å². The molecule has 0 bridgehead atoms. The predicted molar refractivity (Wildman–Crippen MR) is 98.1 cm³/mol. The van der Waals surface area contributed by atoms with Gasteiger partial charge in [-0.25, -0.2) is 0 Å². The molecule has 0 aromatic rings. The molecule has 1 fully saturated rings. The average Bonchev–Trinajstić information content (AvgIpc) is 2.97. The molecule has 1 aliphatic heterocycles. The summed E-state index contributed by atoms with van der Waals surface area (Å²) in [6.45, 7) is 2.28. The van der Waals surface area contributed by atoms with E-state index in [1.165, 1.54) is 83.5 Å². The Kier molecular flexibility index (Phi) is 11.9. The van der Waals surface area contributed by atoms with Crippen molar-refractivity contribution in [2.75, 3.05) is 5.75 Å². The molecule has 1 rings (SSSR count). The fraction of sp³-hybridized carbons (Fsp3) is 0.944. The number of nitrogens with one attached hydrogen (secondary N) is 1. The molecule has 0 saturated carbocycles. The number of carbonyl (C=O) groups excluding carboxylic acids is 1. The number of unbranched alkanes of at least 4 members (excludes halogenated alkanes) is 11. The van der Waals surface area contributed by atoms with Crippen molar-refractivity contribution >= 4 is 17.7 Å². The molecule has 3 N–H and O–H groups in total. The Morgan fingerprint density at radius 2 is 1.45 bits per heavy atom. The lowest BCUT2D eigenvalue weighted by Gasteiger charge is -2.10. The van der Waals surface area contributed by atoms with Crippen LogP contribution in [0.2, 0.25) is 0 Å². The van der Waals surface area contributed by atoms with Gasteiger partial charge in [0.05, 0.1) is 11.4 Å². The molecule has 4 heteroatoms. The van der Waals surface area contributed by atoms with Crippen molar-refractivity contribution in [2.45, 2.75) is 102 Å². The van der Waals surface area contributed by atoms with Gasteiger partial charge in [-0.05, 0) is 6.42 Å². The van der Waals surface area contributed by atoms with Crippen molar-refractivity contribution in [3.63, 3.8) is 0 Å². The zero-order chi connectivity index (χ0) is 16.0. The van der Waals surface area contributed by atoms with Crippen molar-refractivity contribution < 1.29 is 4.79 Å². The topological polar surface area (TPSA) is 55.1 Å². The SMILES string of the molecule is CCCCCCCCCCCCCCC1NC(C(N)=O)CS1. The Morgan fingerprint density at radius 3 is 1.91 bits per heavy atom. The summed E-state index contributed by atoms with van der Waals surface area (Å²) in [5.74, 6) is 0.642. The lowest BCUT2D eigenvalue weighted by Crippen LogP contribution is -2.40. The van der Waals surface area contributed by atoms with E-state index in [4.69, 9.17) is 5.73 Å². The summed E-state index contributed by atoms with van der Waals surface area (Å²) in [6, 6.07) is -0.104. The molecule has 2 unspecified atom stereocenters. The van der Waals surface area contributed by atoms with Crippen LogP contribution in [0.3, 0.4) is 0 Å². The second kappa shape index (κ2) is 13.2. The number of rotatable bonds is 14. The predicted octanol–water partition coefficient (Wildman–Crippen LogP) is 4.59. The Labute approximate surface area is 141 Å². The van der Waals surface area contributed by atoms with Crippen LogP contribution >= 0.6 is 11.8 Å². The molecule has 1 amide bonds. The first kappa shape index (κ1) is 19.8. The fourth-order valence-corrected chi connectivity index (χ4v) is 4.31. The van der Waals surface area contributed by atoms with Gasteiger partial charge in [0.25, 0.3) is 0 Å². The highest BCUT2D eigenvalue weighted by Gasteiger charge is 2.27. The van der Waals surface area contributed by atoms with Crippen LogP contribution in [-0.2, 0) is 4.79 Å². The van der Waals surface area contributed by atoms with Crippen LogP contribution in [0.15, 0.2) is 0 Å². The first-order valence-electron chi connectivity index (χ1n) is 9.41. The first-order chi connectivity index (χ1) is 10.7. The average molecular weight is 329 g/mol. The number of hydrogen-bond donors (Lipinski definition) is 2. The zero-order valence-corrected chi connectivity index (χ0v) is 15.3. The van der Waals surface area contributed by atoms with Gasteiger partial charge in [-0.2, -0.15) is 0 Å². The fourth-order valence-electron chi connectivity index (χ4n) is 3.03. The summed E-state index contributed by atoms with van der Waals surface area (Å²) >= 11 is 1.85. The summed E-state index contributed by atoms with van der Waals surface area (Å²) in [7, 11) is 0. The molecule has 130 valence electrons. The monoisotopic (exact) mass is 328 g/mol. The summed E-state index contributed by atoms with van der Waals surface area (Å²) in [5.41, 5.74) is 5.31. The van der Waals surface area contributed by atoms with Crippen LogP contribution in [0, 0.1) is 0 Å². The Morgan fingerprint density at radius 1 is 0.955 bits per heavy atom. The van der Waals surface area contributed by atoms with Crippen molar-refractivity contribution in [1.29, 1.82) is 0 Å². The Bertz CT molecular complexity index is 286. The van der Waals surface area contributed by atoms with Gasteiger partial charge in [-0.15, -0.1) is 11.8 Å². The third-order valence-electron chi connectivity index (χ3n) is 4.51. The third kappa shape index (κ3) is 9.73. The molecule has 22 heavy (non-hydrogen) atoms. The zero-order valence-electron chi connectivity index (χ0n) is 14.4. The molecular formula is C18H36N2OS. The van der Waals surface area contributed by atoms with E-state index >= 15 is 0 Å². The summed E-state index contributed by atoms with van der Waals surface area (Å²) in [4.78, 5) is 11.1. The minimum Gasteiger partial charge on any atom is -0.368 e. The van der Waals surface area contributed by atoms with Crippen molar-refractivity contribution in [3.8, 4) is 0 Å². The lowest BCUT2D eigenvalue weighted by molar-refractivity contribution is -0.119. The van der Waals surface area contributed by atoms with Gasteiger partial charge in [0.15, 0.2) is 0 Å². The Hall–Kier alpha value is -0.220. The van der Waals surface area contributed by atoms with Gasteiger partial charge >= 0.3 is 0 Å². The van der Waals surface area contributed by atoms with E-state index in [2.05, 4.69) is 12.2 Å². The lowest BCUT2D eigenvalue weighted by atomic mass is 10.0. The minimum absolute atomic E-state index is 0.104. The molecular weight excluding hydrogens is 292 g/mol. The van der Waals surface area contributed by atoms with E-state index in [0.717, 1.165) is 5.75 Å². The smallest absolute Gasteiger partial charge is 0.235 e. The highest BCUT2D eigenvalue weighted by molar-refractivity contribution is 8.00. The van der Waals surface area contributed by atoms with Crippen LogP contribution in [-0.4, -0.2) is 23.1 Å². The molecule has 1 aliphatic rings. The van der Waals surface area contributed by atoms with E-state index in [1.807, 2.05) is 11.8 Å². The maximum Gasteiger partial charge on any atom is 0.235 e. The van der Waals surface area contributed by atoms with Crippen LogP contribution in [0.1, 0.15) is 90.4 Å². The molecule has 1 saturated heterocycles. The van der Waals surface area contributed by atoms with Crippen LogP contribution in [0.5, 0.6) is 0 Å². The highest BCUT2D eigenvalue weighted by atomic mass is 32.2. The maximum absolute atomic E-state index is 11.1. The summed E-state index contributed by atoms with van der Waals surface area (Å²) in [6.07, 6.45) is 17.9. The number of primary amides is 1. The summed E-state index contributed by atoms with van der Waals surface area (Å²) in [5, 5.41) is 3.76. The second-order valence-electron chi connectivity index (χ2n) is 6.62. The van der Waals surface area contributed by atoms with Crippen LogP contribution in [0.25, 0.3) is 0 Å². The molecule has 3 nitrogen and oxygen atoms in total. The van der Waals surface area contributed by atoms with E-state index in [9.17, 15) is 4.79 Å². The van der Waals surface area contributed by atoms with Gasteiger partial charge in [-0.1, -0.05) is 84.0 Å². The molecule has 0 aliphatic carbocycles. The molecule has 0 radical (unpaired) electrons. The van der Waals surface area contributed by atoms with E-state index in [0.29, 0.717) is 5.37 Å². The quantitative estimate of drug-likeness (QED) is 0.458. The van der Waals surface area contributed by atoms with Gasteiger partial charge in [0.2, 0.25) is 5.91 Å². The minimum atomic E-state index is -0.204. The van der Waals surface area contributed by atoms with E-state index < -0.39 is 0 Å². The summed E-state index contributed by atoms with van der Waals surface area (Å²) < 4.78 is 0. The van der Waals surface area contributed by atoms with Crippen LogP contribution < -0.4 is 11.1 Å². The number of amides is 1. The second-order valence-corrected chi connectivity index (χ2v) is 7.86. The number of hydrogen-bond acceptors (Lipinski definition) is 3. The van der Waals surface area contributed by atoms with Crippen molar-refractivity contribution in [1.82, 2.24) is 5.32 Å². The normalized spacial score (nSPS) is 21.3. The Balaban J connectivity index is 1.78. The highest BCUT2D eigenvalue weighted by Crippen LogP contribution is 2.23. The molecule has 2 atom stereocenters. The molecule has 1 heterocycles. The van der Waals surface area contributed by atoms with Crippen molar-refractivity contribution in [2.24, 2.45) is 5.73 Å².